The monoisotopic (exact) mass is 362 g/mol. The van der Waals surface area contributed by atoms with E-state index in [-0.39, 0.29) is 0 Å². The van der Waals surface area contributed by atoms with Crippen molar-refractivity contribution in [2.45, 2.75) is 14.5 Å². The molecule has 1 aromatic heterocycles. The van der Waals surface area contributed by atoms with Crippen LogP contribution < -0.4 is 0 Å². The maximum absolute atomic E-state index is 6.02. The summed E-state index contributed by atoms with van der Waals surface area (Å²) in [6.45, 7) is 0. The lowest BCUT2D eigenvalue weighted by molar-refractivity contribution is 1.34. The Hall–Kier alpha value is -0.870. The van der Waals surface area contributed by atoms with Gasteiger partial charge in [-0.1, -0.05) is 71.9 Å². The first-order valence-corrected chi connectivity index (χ1v) is 10.1. The summed E-state index contributed by atoms with van der Waals surface area (Å²) in [6, 6.07) is 23.1. The number of benzene rings is 2. The molecule has 0 aliphatic heterocycles. The fraction of sp³-hybridized carbons (Fsp3) is 0.111. The minimum atomic E-state index is 0.371. The van der Waals surface area contributed by atoms with Gasteiger partial charge >= 0.3 is 0 Å². The van der Waals surface area contributed by atoms with Gasteiger partial charge in [0.05, 0.1) is 8.79 Å². The normalized spacial score (nSPS) is 12.2. The molecule has 0 nitrogen and oxygen atoms in total. The molecule has 0 saturated carbocycles. The first-order chi connectivity index (χ1) is 10.8. The van der Waals surface area contributed by atoms with E-state index in [1.54, 1.807) is 11.3 Å². The fourth-order valence-electron chi connectivity index (χ4n) is 2.00. The van der Waals surface area contributed by atoms with Crippen molar-refractivity contribution in [1.82, 2.24) is 0 Å². The van der Waals surface area contributed by atoms with Gasteiger partial charge in [0.2, 0.25) is 0 Å². The molecule has 112 valence electrons. The van der Waals surface area contributed by atoms with Crippen LogP contribution in [0.2, 0.25) is 5.02 Å². The van der Waals surface area contributed by atoms with Gasteiger partial charge in [0, 0.05) is 10.8 Å². The Bertz CT molecular complexity index is 678. The van der Waals surface area contributed by atoms with Crippen molar-refractivity contribution in [2.24, 2.45) is 0 Å². The van der Waals surface area contributed by atoms with Crippen molar-refractivity contribution in [3.8, 4) is 0 Å². The van der Waals surface area contributed by atoms with Crippen LogP contribution in [0, 0.1) is 0 Å². The number of hydrogen-bond donors (Lipinski definition) is 0. The van der Waals surface area contributed by atoms with Crippen LogP contribution in [0.15, 0.2) is 76.3 Å². The van der Waals surface area contributed by atoms with E-state index in [1.807, 2.05) is 35.7 Å². The molecule has 2 aromatic carbocycles. The quantitative estimate of drug-likeness (QED) is 0.338. The molecule has 0 aliphatic carbocycles. The van der Waals surface area contributed by atoms with E-state index in [0.29, 0.717) is 4.58 Å². The van der Waals surface area contributed by atoms with Gasteiger partial charge in [0.15, 0.2) is 0 Å². The van der Waals surface area contributed by atoms with Crippen LogP contribution in [-0.4, -0.2) is 0 Å². The van der Waals surface area contributed by atoms with Gasteiger partial charge in [0.1, 0.15) is 0 Å². The Labute approximate surface area is 148 Å². The highest BCUT2D eigenvalue weighted by Gasteiger charge is 2.14. The van der Waals surface area contributed by atoms with Gasteiger partial charge in [-0.05, 0) is 34.7 Å². The smallest absolute Gasteiger partial charge is 0.0809 e. The maximum atomic E-state index is 6.02. The minimum Gasteiger partial charge on any atom is -0.138 e. The molecule has 1 atom stereocenters. The fourth-order valence-corrected chi connectivity index (χ4v) is 5.77. The molecule has 22 heavy (non-hydrogen) atoms. The average molecular weight is 363 g/mol. The van der Waals surface area contributed by atoms with Crippen molar-refractivity contribution < 1.29 is 0 Å². The summed E-state index contributed by atoms with van der Waals surface area (Å²) >= 11 is 11.7. The second kappa shape index (κ2) is 8.11. The molecular weight excluding hydrogens is 348 g/mol. The summed E-state index contributed by atoms with van der Waals surface area (Å²) in [4.78, 5) is 0. The topological polar surface area (TPSA) is 0 Å². The van der Waals surface area contributed by atoms with Crippen LogP contribution in [0.25, 0.3) is 0 Å². The Morgan fingerprint density at radius 1 is 0.909 bits per heavy atom. The number of thiophene rings is 1. The summed E-state index contributed by atoms with van der Waals surface area (Å²) in [5.41, 5.74) is 2.67. The lowest BCUT2D eigenvalue weighted by Gasteiger charge is -2.16. The molecule has 0 bridgehead atoms. The van der Waals surface area contributed by atoms with Crippen LogP contribution in [0.4, 0.5) is 0 Å². The van der Waals surface area contributed by atoms with Gasteiger partial charge in [-0.25, -0.2) is 0 Å². The minimum absolute atomic E-state index is 0.371. The lowest BCUT2D eigenvalue weighted by Crippen LogP contribution is -1.90. The van der Waals surface area contributed by atoms with Crippen molar-refractivity contribution >= 4 is 46.5 Å². The maximum Gasteiger partial charge on any atom is 0.0809 e. The summed E-state index contributed by atoms with van der Waals surface area (Å²) < 4.78 is 1.72. The molecular formula is C18H15ClS3. The van der Waals surface area contributed by atoms with E-state index < -0.39 is 0 Å². The third-order valence-corrected chi connectivity index (χ3v) is 7.22. The van der Waals surface area contributed by atoms with Gasteiger partial charge in [-0.3, -0.25) is 0 Å². The highest BCUT2D eigenvalue weighted by molar-refractivity contribution is 8.16. The number of hydrogen-bond acceptors (Lipinski definition) is 3. The first kappa shape index (κ1) is 16.0. The average Bonchev–Trinajstić information content (AvgIpc) is 3.06. The van der Waals surface area contributed by atoms with Crippen LogP contribution in [-0.2, 0) is 5.75 Å². The van der Waals surface area contributed by atoms with E-state index in [1.165, 1.54) is 15.3 Å². The second-order valence-electron chi connectivity index (χ2n) is 4.73. The molecule has 1 heterocycles. The molecule has 3 aromatic rings. The van der Waals surface area contributed by atoms with Gasteiger partial charge in [-0.15, -0.1) is 23.1 Å². The Kier molecular flexibility index (Phi) is 5.90. The predicted molar refractivity (Wildman–Crippen MR) is 102 cm³/mol. The molecule has 0 N–H and O–H groups in total. The predicted octanol–water partition coefficient (Wildman–Crippen LogP) is 7.13. The molecule has 0 spiro atoms. The zero-order valence-corrected chi connectivity index (χ0v) is 15.0. The summed E-state index contributed by atoms with van der Waals surface area (Å²) in [5, 5.41) is 2.92. The van der Waals surface area contributed by atoms with Crippen LogP contribution >= 0.6 is 46.5 Å². The van der Waals surface area contributed by atoms with Gasteiger partial charge in [-0.2, -0.15) is 0 Å². The molecule has 0 aliphatic rings. The van der Waals surface area contributed by atoms with E-state index in [4.69, 9.17) is 11.6 Å². The van der Waals surface area contributed by atoms with Crippen molar-refractivity contribution in [3.63, 3.8) is 0 Å². The van der Waals surface area contributed by atoms with Crippen LogP contribution in [0.5, 0.6) is 0 Å². The molecule has 0 radical (unpaired) electrons. The third-order valence-electron chi connectivity index (χ3n) is 3.10. The third kappa shape index (κ3) is 4.56. The van der Waals surface area contributed by atoms with Crippen LogP contribution in [0.3, 0.4) is 0 Å². The summed E-state index contributed by atoms with van der Waals surface area (Å²) in [7, 11) is 0. The zero-order chi connectivity index (χ0) is 15.2. The van der Waals surface area contributed by atoms with Gasteiger partial charge in [0.25, 0.3) is 0 Å². The summed E-state index contributed by atoms with van der Waals surface area (Å²) in [5.74, 6) is 1.01. The van der Waals surface area contributed by atoms with Gasteiger partial charge < -0.3 is 0 Å². The SMILES string of the molecule is Clc1ccc(C(SCc2ccccc2)Sc2cccs2)cc1. The van der Waals surface area contributed by atoms with Crippen molar-refractivity contribution in [2.75, 3.05) is 0 Å². The van der Waals surface area contributed by atoms with E-state index in [2.05, 4.69) is 60.0 Å². The van der Waals surface area contributed by atoms with Crippen molar-refractivity contribution in [3.05, 3.63) is 88.3 Å². The lowest BCUT2D eigenvalue weighted by atomic mass is 10.2. The Morgan fingerprint density at radius 3 is 2.36 bits per heavy atom. The first-order valence-electron chi connectivity index (χ1n) is 6.92. The zero-order valence-electron chi connectivity index (χ0n) is 11.8. The molecule has 0 saturated heterocycles. The molecule has 0 fully saturated rings. The van der Waals surface area contributed by atoms with E-state index in [9.17, 15) is 0 Å². The number of thioether (sulfide) groups is 2. The van der Waals surface area contributed by atoms with E-state index in [0.717, 1.165) is 10.8 Å². The molecule has 1 unspecified atom stereocenters. The molecule has 4 heteroatoms. The standard InChI is InChI=1S/C18H15ClS3/c19-16-10-8-15(9-11-16)18(22-17-7-4-12-20-17)21-13-14-5-2-1-3-6-14/h1-12,18H,13H2. The second-order valence-corrected chi connectivity index (χ2v) is 8.91. The highest BCUT2D eigenvalue weighted by Crippen LogP contribution is 2.46. The Balaban J connectivity index is 1.75. The van der Waals surface area contributed by atoms with E-state index >= 15 is 0 Å². The largest absolute Gasteiger partial charge is 0.138 e. The van der Waals surface area contributed by atoms with Crippen LogP contribution in [0.1, 0.15) is 15.7 Å². The highest BCUT2D eigenvalue weighted by atomic mass is 35.5. The van der Waals surface area contributed by atoms with Crippen molar-refractivity contribution in [1.29, 1.82) is 0 Å². The molecule has 0 amide bonds. The Morgan fingerprint density at radius 2 is 1.68 bits per heavy atom. The number of rotatable bonds is 6. The summed E-state index contributed by atoms with van der Waals surface area (Å²) in [6.07, 6.45) is 0. The number of halogens is 1. The molecule has 3 rings (SSSR count).